The molecule has 1 fully saturated rings. The van der Waals surface area contributed by atoms with Gasteiger partial charge in [0, 0.05) is 25.7 Å². The lowest BCUT2D eigenvalue weighted by atomic mass is 10.0. The van der Waals surface area contributed by atoms with E-state index in [1.54, 1.807) is 6.26 Å². The number of nitrogens with zero attached hydrogens (tertiary/aromatic N) is 1. The second-order valence-electron chi connectivity index (χ2n) is 5.53. The minimum Gasteiger partial charge on any atom is -0.468 e. The van der Waals surface area contributed by atoms with Crippen molar-refractivity contribution in [2.24, 2.45) is 0 Å². The smallest absolute Gasteiger partial charge is 0.120 e. The predicted octanol–water partition coefficient (Wildman–Crippen LogP) is 2.86. The first-order valence-corrected chi connectivity index (χ1v) is 7.37. The molecular formula is C17H22N2O. The molecule has 1 aromatic heterocycles. The summed E-state index contributed by atoms with van der Waals surface area (Å²) in [6, 6.07) is 15.6. The predicted molar refractivity (Wildman–Crippen MR) is 80.6 cm³/mol. The van der Waals surface area contributed by atoms with Crippen molar-refractivity contribution < 1.29 is 4.42 Å². The molecule has 1 aliphatic heterocycles. The van der Waals surface area contributed by atoms with Crippen LogP contribution in [0.5, 0.6) is 0 Å². The van der Waals surface area contributed by atoms with Crippen LogP contribution in [0.3, 0.4) is 0 Å². The van der Waals surface area contributed by atoms with E-state index in [4.69, 9.17) is 4.42 Å². The third kappa shape index (κ3) is 3.11. The third-order valence-electron chi connectivity index (χ3n) is 4.11. The first-order valence-electron chi connectivity index (χ1n) is 7.37. The maximum absolute atomic E-state index is 5.54. The van der Waals surface area contributed by atoms with Crippen LogP contribution in [0.25, 0.3) is 0 Å². The first-order chi connectivity index (χ1) is 9.83. The lowest BCUT2D eigenvalue weighted by molar-refractivity contribution is 0.138. The Balaban J connectivity index is 1.62. The van der Waals surface area contributed by atoms with Gasteiger partial charge in [0.1, 0.15) is 5.76 Å². The molecule has 2 unspecified atom stereocenters. The van der Waals surface area contributed by atoms with Crippen LogP contribution in [0, 0.1) is 0 Å². The highest BCUT2D eigenvalue weighted by molar-refractivity contribution is 5.16. The molecule has 0 spiro atoms. The maximum atomic E-state index is 5.54. The van der Waals surface area contributed by atoms with Gasteiger partial charge in [-0.05, 0) is 31.0 Å². The lowest BCUT2D eigenvalue weighted by Crippen LogP contribution is -2.52. The van der Waals surface area contributed by atoms with Gasteiger partial charge in [-0.3, -0.25) is 4.90 Å². The molecule has 0 saturated carbocycles. The first kappa shape index (κ1) is 13.4. The van der Waals surface area contributed by atoms with E-state index in [9.17, 15) is 0 Å². The zero-order chi connectivity index (χ0) is 13.8. The van der Waals surface area contributed by atoms with Gasteiger partial charge in [-0.15, -0.1) is 0 Å². The monoisotopic (exact) mass is 270 g/mol. The topological polar surface area (TPSA) is 28.4 Å². The number of piperazine rings is 1. The molecule has 2 aromatic rings. The van der Waals surface area contributed by atoms with E-state index >= 15 is 0 Å². The molecule has 1 aliphatic rings. The lowest BCUT2D eigenvalue weighted by Gasteiger charge is -2.36. The minimum atomic E-state index is 0.352. The van der Waals surface area contributed by atoms with Crippen molar-refractivity contribution in [2.45, 2.75) is 25.4 Å². The van der Waals surface area contributed by atoms with Crippen molar-refractivity contribution in [3.8, 4) is 0 Å². The van der Waals surface area contributed by atoms with E-state index in [0.717, 1.165) is 31.8 Å². The molecule has 3 heteroatoms. The van der Waals surface area contributed by atoms with Crippen LogP contribution in [0.15, 0.2) is 53.1 Å². The highest BCUT2D eigenvalue weighted by Crippen LogP contribution is 2.22. The Hall–Kier alpha value is -1.58. The standard InChI is InChI=1S/C17H22N2O/c1-14(17-8-5-11-20-17)19-10-9-18-16(13-19)12-15-6-3-2-4-7-15/h2-8,11,14,16,18H,9-10,12-13H2,1H3. The van der Waals surface area contributed by atoms with Crippen LogP contribution >= 0.6 is 0 Å². The Morgan fingerprint density at radius 1 is 1.25 bits per heavy atom. The van der Waals surface area contributed by atoms with E-state index in [0.29, 0.717) is 12.1 Å². The number of furan rings is 1. The molecule has 2 atom stereocenters. The summed E-state index contributed by atoms with van der Waals surface area (Å²) in [5.74, 6) is 1.06. The number of benzene rings is 1. The van der Waals surface area contributed by atoms with Crippen molar-refractivity contribution in [3.05, 3.63) is 60.1 Å². The van der Waals surface area contributed by atoms with E-state index in [2.05, 4.69) is 53.5 Å². The second kappa shape index (κ2) is 6.25. The summed E-state index contributed by atoms with van der Waals surface area (Å²) >= 11 is 0. The number of rotatable bonds is 4. The fourth-order valence-corrected chi connectivity index (χ4v) is 2.95. The Morgan fingerprint density at radius 3 is 2.85 bits per heavy atom. The molecule has 0 bridgehead atoms. The van der Waals surface area contributed by atoms with Crippen LogP contribution in [0.2, 0.25) is 0 Å². The minimum absolute atomic E-state index is 0.352. The average Bonchev–Trinajstić information content (AvgIpc) is 3.02. The van der Waals surface area contributed by atoms with Crippen molar-refractivity contribution in [2.75, 3.05) is 19.6 Å². The normalized spacial score (nSPS) is 21.8. The van der Waals surface area contributed by atoms with Gasteiger partial charge in [-0.25, -0.2) is 0 Å². The largest absolute Gasteiger partial charge is 0.468 e. The zero-order valence-corrected chi connectivity index (χ0v) is 12.0. The molecule has 0 aliphatic carbocycles. The SMILES string of the molecule is CC(c1ccco1)N1CCNC(Cc2ccccc2)C1. The van der Waals surface area contributed by atoms with Crippen LogP contribution in [-0.2, 0) is 6.42 Å². The highest BCUT2D eigenvalue weighted by atomic mass is 16.3. The van der Waals surface area contributed by atoms with Gasteiger partial charge >= 0.3 is 0 Å². The van der Waals surface area contributed by atoms with Gasteiger partial charge in [-0.1, -0.05) is 30.3 Å². The quantitative estimate of drug-likeness (QED) is 0.926. The van der Waals surface area contributed by atoms with Gasteiger partial charge in [0.25, 0.3) is 0 Å². The fraction of sp³-hybridized carbons (Fsp3) is 0.412. The van der Waals surface area contributed by atoms with E-state index in [1.807, 2.05) is 6.07 Å². The summed E-state index contributed by atoms with van der Waals surface area (Å²) in [6.07, 6.45) is 2.84. The summed E-state index contributed by atoms with van der Waals surface area (Å²) in [7, 11) is 0. The van der Waals surface area contributed by atoms with Crippen LogP contribution in [0.4, 0.5) is 0 Å². The van der Waals surface area contributed by atoms with Gasteiger partial charge in [0.05, 0.1) is 12.3 Å². The van der Waals surface area contributed by atoms with Crippen molar-refractivity contribution >= 4 is 0 Å². The summed E-state index contributed by atoms with van der Waals surface area (Å²) in [5, 5.41) is 3.63. The van der Waals surface area contributed by atoms with E-state index < -0.39 is 0 Å². The molecule has 1 aromatic carbocycles. The average molecular weight is 270 g/mol. The van der Waals surface area contributed by atoms with Crippen LogP contribution in [0.1, 0.15) is 24.3 Å². The molecule has 0 radical (unpaired) electrons. The van der Waals surface area contributed by atoms with Gasteiger partial charge < -0.3 is 9.73 Å². The van der Waals surface area contributed by atoms with E-state index in [1.165, 1.54) is 5.56 Å². The van der Waals surface area contributed by atoms with Crippen molar-refractivity contribution in [1.29, 1.82) is 0 Å². The second-order valence-corrected chi connectivity index (χ2v) is 5.53. The van der Waals surface area contributed by atoms with Crippen LogP contribution in [-0.4, -0.2) is 30.6 Å². The summed E-state index contributed by atoms with van der Waals surface area (Å²) in [4.78, 5) is 2.50. The van der Waals surface area contributed by atoms with Gasteiger partial charge in [-0.2, -0.15) is 0 Å². The summed E-state index contributed by atoms with van der Waals surface area (Å²) in [6.45, 7) is 5.41. The summed E-state index contributed by atoms with van der Waals surface area (Å²) in [5.41, 5.74) is 1.40. The zero-order valence-electron chi connectivity index (χ0n) is 12.0. The molecule has 106 valence electrons. The highest BCUT2D eigenvalue weighted by Gasteiger charge is 2.25. The third-order valence-corrected chi connectivity index (χ3v) is 4.11. The van der Waals surface area contributed by atoms with E-state index in [-0.39, 0.29) is 0 Å². The molecule has 1 N–H and O–H groups in total. The van der Waals surface area contributed by atoms with Gasteiger partial charge in [0.15, 0.2) is 0 Å². The Kier molecular flexibility index (Phi) is 4.19. The van der Waals surface area contributed by atoms with Crippen molar-refractivity contribution in [3.63, 3.8) is 0 Å². The molecule has 3 nitrogen and oxygen atoms in total. The number of hydrogen-bond acceptors (Lipinski definition) is 3. The molecule has 0 amide bonds. The Morgan fingerprint density at radius 2 is 2.10 bits per heavy atom. The Bertz CT molecular complexity index is 509. The summed E-state index contributed by atoms with van der Waals surface area (Å²) < 4.78 is 5.54. The number of nitrogens with one attached hydrogen (secondary N) is 1. The molecular weight excluding hydrogens is 248 g/mol. The van der Waals surface area contributed by atoms with Gasteiger partial charge in [0.2, 0.25) is 0 Å². The fourth-order valence-electron chi connectivity index (χ4n) is 2.95. The number of hydrogen-bond donors (Lipinski definition) is 1. The maximum Gasteiger partial charge on any atom is 0.120 e. The molecule has 2 heterocycles. The molecule has 20 heavy (non-hydrogen) atoms. The van der Waals surface area contributed by atoms with Crippen LogP contribution < -0.4 is 5.32 Å². The molecule has 3 rings (SSSR count). The Labute approximate surface area is 120 Å². The van der Waals surface area contributed by atoms with Crippen molar-refractivity contribution in [1.82, 2.24) is 10.2 Å². The molecule has 1 saturated heterocycles.